The maximum absolute atomic E-state index is 4.12. The first-order valence-electron chi connectivity index (χ1n) is 6.09. The molecule has 0 bridgehead atoms. The summed E-state index contributed by atoms with van der Waals surface area (Å²) in [6, 6.07) is 7.10. The molecule has 1 unspecified atom stereocenters. The Hall–Kier alpha value is -1.35. The van der Waals surface area contributed by atoms with Crippen molar-refractivity contribution >= 4 is 17.0 Å². The van der Waals surface area contributed by atoms with Gasteiger partial charge in [0.2, 0.25) is 0 Å². The van der Waals surface area contributed by atoms with Gasteiger partial charge in [-0.15, -0.1) is 11.3 Å². The Kier molecular flexibility index (Phi) is 2.85. The van der Waals surface area contributed by atoms with Gasteiger partial charge in [-0.3, -0.25) is 4.98 Å². The first-order chi connectivity index (χ1) is 8.33. The predicted octanol–water partition coefficient (Wildman–Crippen LogP) is 3.80. The molecule has 2 aromatic rings. The zero-order valence-corrected chi connectivity index (χ0v) is 10.8. The third-order valence-corrected chi connectivity index (χ3v) is 4.32. The summed E-state index contributed by atoms with van der Waals surface area (Å²) in [6.07, 6.45) is 5.73. The van der Waals surface area contributed by atoms with E-state index in [1.165, 1.54) is 41.0 Å². The molecule has 0 aliphatic heterocycles. The van der Waals surface area contributed by atoms with E-state index >= 15 is 0 Å². The molecule has 0 radical (unpaired) electrons. The maximum atomic E-state index is 4.12. The quantitative estimate of drug-likeness (QED) is 0.888. The van der Waals surface area contributed by atoms with Gasteiger partial charge >= 0.3 is 0 Å². The summed E-state index contributed by atoms with van der Waals surface area (Å²) in [5.41, 5.74) is 6.16. The Morgan fingerprint density at radius 3 is 3.00 bits per heavy atom. The standard InChI is InChI=1S/C14H16N2S/c1-10(14-8-15-9-17-14)16-13-6-5-11-3-2-4-12(11)7-13/h5-10,16H,2-4H2,1H3. The molecule has 3 rings (SSSR count). The van der Waals surface area contributed by atoms with Crippen LogP contribution in [0.1, 0.15) is 35.4 Å². The smallest absolute Gasteiger partial charge is 0.0795 e. The minimum absolute atomic E-state index is 0.335. The summed E-state index contributed by atoms with van der Waals surface area (Å²) < 4.78 is 0. The summed E-state index contributed by atoms with van der Waals surface area (Å²) in [5, 5.41) is 3.54. The minimum Gasteiger partial charge on any atom is -0.378 e. The lowest BCUT2D eigenvalue weighted by Crippen LogP contribution is -2.05. The molecule has 1 aliphatic rings. The second kappa shape index (κ2) is 4.49. The Balaban J connectivity index is 1.77. The fraction of sp³-hybridized carbons (Fsp3) is 0.357. The molecule has 0 amide bonds. The van der Waals surface area contributed by atoms with Gasteiger partial charge in [0.15, 0.2) is 0 Å². The van der Waals surface area contributed by atoms with Crippen molar-refractivity contribution in [2.45, 2.75) is 32.2 Å². The molecule has 2 nitrogen and oxygen atoms in total. The van der Waals surface area contributed by atoms with Crippen LogP contribution in [-0.4, -0.2) is 4.98 Å². The van der Waals surface area contributed by atoms with E-state index in [0.717, 1.165) is 0 Å². The van der Waals surface area contributed by atoms with Crippen molar-refractivity contribution in [1.82, 2.24) is 4.98 Å². The monoisotopic (exact) mass is 244 g/mol. The third kappa shape index (κ3) is 2.20. The van der Waals surface area contributed by atoms with Gasteiger partial charge in [-0.2, -0.15) is 0 Å². The van der Waals surface area contributed by atoms with Crippen molar-refractivity contribution in [3.8, 4) is 0 Å². The fourth-order valence-corrected chi connectivity index (χ4v) is 3.05. The zero-order valence-electron chi connectivity index (χ0n) is 9.94. The molecule has 1 heterocycles. The molecule has 88 valence electrons. The number of rotatable bonds is 3. The molecule has 0 saturated heterocycles. The van der Waals surface area contributed by atoms with Gasteiger partial charge in [0, 0.05) is 16.8 Å². The second-order valence-electron chi connectivity index (χ2n) is 4.61. The maximum Gasteiger partial charge on any atom is 0.0795 e. The highest BCUT2D eigenvalue weighted by molar-refractivity contribution is 7.09. The molecule has 17 heavy (non-hydrogen) atoms. The van der Waals surface area contributed by atoms with Crippen LogP contribution in [0.2, 0.25) is 0 Å². The topological polar surface area (TPSA) is 24.9 Å². The third-order valence-electron chi connectivity index (χ3n) is 3.36. The number of benzene rings is 1. The zero-order chi connectivity index (χ0) is 11.7. The van der Waals surface area contributed by atoms with Gasteiger partial charge in [0.1, 0.15) is 0 Å². The van der Waals surface area contributed by atoms with Crippen LogP contribution in [0.5, 0.6) is 0 Å². The Morgan fingerprint density at radius 1 is 1.29 bits per heavy atom. The van der Waals surface area contributed by atoms with Crippen molar-refractivity contribution in [2.75, 3.05) is 5.32 Å². The number of hydrogen-bond acceptors (Lipinski definition) is 3. The first kappa shape index (κ1) is 10.8. The van der Waals surface area contributed by atoms with Gasteiger partial charge in [0.25, 0.3) is 0 Å². The molecule has 0 fully saturated rings. The number of nitrogens with one attached hydrogen (secondary N) is 1. The van der Waals surface area contributed by atoms with Crippen molar-refractivity contribution in [1.29, 1.82) is 0 Å². The highest BCUT2D eigenvalue weighted by Crippen LogP contribution is 2.27. The lowest BCUT2D eigenvalue weighted by atomic mass is 10.1. The lowest BCUT2D eigenvalue weighted by molar-refractivity contribution is 0.901. The van der Waals surface area contributed by atoms with Gasteiger partial charge in [-0.1, -0.05) is 6.07 Å². The van der Waals surface area contributed by atoms with Crippen LogP contribution in [0.3, 0.4) is 0 Å². The van der Waals surface area contributed by atoms with E-state index in [2.05, 4.69) is 35.4 Å². The van der Waals surface area contributed by atoms with Crippen LogP contribution in [0.25, 0.3) is 0 Å². The van der Waals surface area contributed by atoms with E-state index in [4.69, 9.17) is 0 Å². The van der Waals surface area contributed by atoms with Crippen molar-refractivity contribution in [3.05, 3.63) is 45.9 Å². The van der Waals surface area contributed by atoms with E-state index in [-0.39, 0.29) is 0 Å². The Bertz CT molecular complexity index is 505. The summed E-state index contributed by atoms with van der Waals surface area (Å²) in [7, 11) is 0. The minimum atomic E-state index is 0.335. The Morgan fingerprint density at radius 2 is 2.18 bits per heavy atom. The molecule has 1 aliphatic carbocycles. The number of hydrogen-bond donors (Lipinski definition) is 1. The fourth-order valence-electron chi connectivity index (χ4n) is 2.42. The summed E-state index contributed by atoms with van der Waals surface area (Å²) in [6.45, 7) is 2.18. The molecule has 3 heteroatoms. The average Bonchev–Trinajstić information content (AvgIpc) is 2.99. The average molecular weight is 244 g/mol. The number of thiazole rings is 1. The highest BCUT2D eigenvalue weighted by Gasteiger charge is 2.12. The molecule has 0 spiro atoms. The van der Waals surface area contributed by atoms with E-state index in [1.54, 1.807) is 11.3 Å². The van der Waals surface area contributed by atoms with Gasteiger partial charge in [0.05, 0.1) is 11.6 Å². The molecule has 1 aromatic carbocycles. The lowest BCUT2D eigenvalue weighted by Gasteiger charge is -2.14. The molecule has 1 N–H and O–H groups in total. The van der Waals surface area contributed by atoms with Crippen LogP contribution < -0.4 is 5.32 Å². The summed E-state index contributed by atoms with van der Waals surface area (Å²) in [5.74, 6) is 0. The SMILES string of the molecule is CC(Nc1ccc2c(c1)CCC2)c1cncs1. The molecule has 1 aromatic heterocycles. The van der Waals surface area contributed by atoms with Crippen LogP contribution >= 0.6 is 11.3 Å². The van der Waals surface area contributed by atoms with Crippen molar-refractivity contribution < 1.29 is 0 Å². The van der Waals surface area contributed by atoms with Crippen molar-refractivity contribution in [2.24, 2.45) is 0 Å². The number of aromatic nitrogens is 1. The van der Waals surface area contributed by atoms with E-state index in [0.29, 0.717) is 6.04 Å². The number of nitrogens with zero attached hydrogens (tertiary/aromatic N) is 1. The summed E-state index contributed by atoms with van der Waals surface area (Å²) >= 11 is 1.70. The first-order valence-corrected chi connectivity index (χ1v) is 6.97. The normalized spacial score (nSPS) is 15.6. The van der Waals surface area contributed by atoms with Gasteiger partial charge in [-0.05, 0) is 49.4 Å². The largest absolute Gasteiger partial charge is 0.378 e. The van der Waals surface area contributed by atoms with Crippen LogP contribution in [0.4, 0.5) is 5.69 Å². The molecule has 1 atom stereocenters. The van der Waals surface area contributed by atoms with Gasteiger partial charge < -0.3 is 5.32 Å². The van der Waals surface area contributed by atoms with Crippen LogP contribution in [0.15, 0.2) is 29.9 Å². The molecular formula is C14H16N2S. The molecular weight excluding hydrogens is 228 g/mol. The number of aryl methyl sites for hydroxylation is 2. The second-order valence-corrected chi connectivity index (χ2v) is 5.52. The number of fused-ring (bicyclic) bond motifs is 1. The van der Waals surface area contributed by atoms with Crippen LogP contribution in [0, 0.1) is 0 Å². The number of anilines is 1. The van der Waals surface area contributed by atoms with E-state index in [9.17, 15) is 0 Å². The van der Waals surface area contributed by atoms with E-state index in [1.807, 2.05) is 11.7 Å². The summed E-state index contributed by atoms with van der Waals surface area (Å²) in [4.78, 5) is 5.40. The van der Waals surface area contributed by atoms with Crippen molar-refractivity contribution in [3.63, 3.8) is 0 Å². The predicted molar refractivity (Wildman–Crippen MR) is 72.6 cm³/mol. The van der Waals surface area contributed by atoms with E-state index < -0.39 is 0 Å². The highest BCUT2D eigenvalue weighted by atomic mass is 32.1. The Labute approximate surface area is 106 Å². The molecule has 0 saturated carbocycles. The van der Waals surface area contributed by atoms with Crippen LogP contribution in [-0.2, 0) is 12.8 Å². The van der Waals surface area contributed by atoms with Gasteiger partial charge in [-0.25, -0.2) is 0 Å².